The molecule has 39 heavy (non-hydrogen) atoms. The summed E-state index contributed by atoms with van der Waals surface area (Å²) in [5.41, 5.74) is 2.58. The van der Waals surface area contributed by atoms with Crippen LogP contribution in [0.3, 0.4) is 0 Å². The Kier molecular flexibility index (Phi) is 6.13. The average Bonchev–Trinajstić information content (AvgIpc) is 3.66. The number of anilines is 2. The third-order valence-corrected chi connectivity index (χ3v) is 7.10. The highest BCUT2D eigenvalue weighted by Gasteiger charge is 2.40. The van der Waals surface area contributed by atoms with Crippen LogP contribution in [-0.2, 0) is 11.0 Å². The van der Waals surface area contributed by atoms with Crippen molar-refractivity contribution < 1.29 is 22.8 Å². The molecule has 1 N–H and O–H groups in total. The summed E-state index contributed by atoms with van der Waals surface area (Å²) in [6, 6.07) is 24.5. The molecule has 2 heterocycles. The molecule has 1 atom stereocenters. The molecule has 0 bridgehead atoms. The van der Waals surface area contributed by atoms with E-state index in [4.69, 9.17) is 0 Å². The van der Waals surface area contributed by atoms with E-state index in [1.807, 2.05) is 72.9 Å². The molecule has 6 nitrogen and oxygen atoms in total. The lowest BCUT2D eigenvalue weighted by Crippen LogP contribution is -2.48. The van der Waals surface area contributed by atoms with Crippen LogP contribution in [-0.4, -0.2) is 34.0 Å². The molecule has 4 aromatic rings. The Bertz CT molecular complexity index is 1530. The lowest BCUT2D eigenvalue weighted by atomic mass is 9.97. The highest BCUT2D eigenvalue weighted by Crippen LogP contribution is 2.42. The molecule has 6 rings (SSSR count). The second kappa shape index (κ2) is 9.65. The summed E-state index contributed by atoms with van der Waals surface area (Å²) in [6.45, 7) is -0.214. The van der Waals surface area contributed by atoms with Gasteiger partial charge in [0.1, 0.15) is 12.6 Å². The molecule has 0 spiro atoms. The number of halogens is 3. The zero-order chi connectivity index (χ0) is 27.1. The van der Waals surface area contributed by atoms with E-state index in [2.05, 4.69) is 9.88 Å². The van der Waals surface area contributed by atoms with Crippen molar-refractivity contribution in [2.45, 2.75) is 31.1 Å². The van der Waals surface area contributed by atoms with Crippen LogP contribution in [0.2, 0.25) is 0 Å². The predicted molar refractivity (Wildman–Crippen MR) is 142 cm³/mol. The van der Waals surface area contributed by atoms with Crippen LogP contribution in [0, 0.1) is 0 Å². The third-order valence-electron chi connectivity index (χ3n) is 7.10. The van der Waals surface area contributed by atoms with Crippen LogP contribution in [0.4, 0.5) is 29.3 Å². The summed E-state index contributed by atoms with van der Waals surface area (Å²) in [4.78, 5) is 30.6. The molecule has 0 saturated heterocycles. The predicted octanol–water partition coefficient (Wildman–Crippen LogP) is 6.63. The van der Waals surface area contributed by atoms with E-state index in [0.29, 0.717) is 5.69 Å². The molecule has 198 valence electrons. The van der Waals surface area contributed by atoms with E-state index in [-0.39, 0.29) is 24.2 Å². The molecular weight excluding hydrogens is 505 g/mol. The number of nitrogens with zero attached hydrogens (tertiary/aromatic N) is 3. The zero-order valence-electron chi connectivity index (χ0n) is 20.8. The Labute approximate surface area is 223 Å². The van der Waals surface area contributed by atoms with Crippen molar-refractivity contribution >= 4 is 23.3 Å². The summed E-state index contributed by atoms with van der Waals surface area (Å²) < 4.78 is 41.6. The van der Waals surface area contributed by atoms with Crippen molar-refractivity contribution in [3.8, 4) is 5.69 Å². The fraction of sp³-hybridized carbons (Fsp3) is 0.200. The number of fused-ring (bicyclic) bond motifs is 3. The van der Waals surface area contributed by atoms with Crippen molar-refractivity contribution in [3.05, 3.63) is 114 Å². The molecule has 1 aromatic heterocycles. The van der Waals surface area contributed by atoms with E-state index in [1.165, 1.54) is 17.0 Å². The zero-order valence-corrected chi connectivity index (χ0v) is 20.8. The number of urea groups is 1. The van der Waals surface area contributed by atoms with E-state index >= 15 is 0 Å². The van der Waals surface area contributed by atoms with Crippen molar-refractivity contribution in [1.29, 1.82) is 0 Å². The van der Waals surface area contributed by atoms with Gasteiger partial charge < -0.3 is 14.8 Å². The van der Waals surface area contributed by atoms with Crippen LogP contribution < -0.4 is 10.2 Å². The van der Waals surface area contributed by atoms with Crippen molar-refractivity contribution in [3.63, 3.8) is 0 Å². The largest absolute Gasteiger partial charge is 0.416 e. The number of alkyl halides is 3. The normalized spacial score (nSPS) is 16.3. The van der Waals surface area contributed by atoms with E-state index in [0.717, 1.165) is 41.9 Å². The Morgan fingerprint density at radius 3 is 2.31 bits per heavy atom. The number of aromatic nitrogens is 1. The Hall–Kier alpha value is -4.53. The molecular formula is C30H25F3N4O2. The molecule has 3 amide bonds. The quantitative estimate of drug-likeness (QED) is 0.315. The van der Waals surface area contributed by atoms with E-state index in [1.54, 1.807) is 4.90 Å². The van der Waals surface area contributed by atoms with Crippen molar-refractivity contribution in [2.24, 2.45) is 0 Å². The third kappa shape index (κ3) is 4.76. The fourth-order valence-corrected chi connectivity index (χ4v) is 5.16. The number of rotatable bonds is 5. The maximum atomic E-state index is 14.1. The number of benzene rings is 3. The first-order chi connectivity index (χ1) is 18.8. The number of hydrogen-bond acceptors (Lipinski definition) is 2. The number of carbonyl (C=O) groups is 2. The second-order valence-corrected chi connectivity index (χ2v) is 9.74. The van der Waals surface area contributed by atoms with Crippen LogP contribution in [0.5, 0.6) is 0 Å². The van der Waals surface area contributed by atoms with E-state index in [9.17, 15) is 22.8 Å². The Morgan fingerprint density at radius 2 is 1.59 bits per heavy atom. The van der Waals surface area contributed by atoms with Gasteiger partial charge in [0, 0.05) is 17.9 Å². The van der Waals surface area contributed by atoms with Gasteiger partial charge in [-0.2, -0.15) is 13.2 Å². The summed E-state index contributed by atoms with van der Waals surface area (Å²) in [5.74, 6) is -0.283. The minimum Gasteiger partial charge on any atom is -0.316 e. The molecule has 0 radical (unpaired) electrons. The molecule has 1 aliphatic heterocycles. The smallest absolute Gasteiger partial charge is 0.316 e. The minimum absolute atomic E-state index is 0.0243. The lowest BCUT2D eigenvalue weighted by Gasteiger charge is -2.39. The average molecular weight is 531 g/mol. The van der Waals surface area contributed by atoms with Gasteiger partial charge in [0.05, 0.1) is 22.6 Å². The van der Waals surface area contributed by atoms with Gasteiger partial charge in [-0.1, -0.05) is 48.5 Å². The van der Waals surface area contributed by atoms with Gasteiger partial charge in [-0.25, -0.2) is 4.79 Å². The van der Waals surface area contributed by atoms with Crippen LogP contribution >= 0.6 is 0 Å². The molecule has 1 fully saturated rings. The molecule has 1 aliphatic carbocycles. The number of para-hydroxylation sites is 2. The topological polar surface area (TPSA) is 57.6 Å². The minimum atomic E-state index is -4.53. The number of hydrogen-bond donors (Lipinski definition) is 1. The first kappa shape index (κ1) is 24.8. The van der Waals surface area contributed by atoms with Crippen LogP contribution in [0.15, 0.2) is 97.2 Å². The van der Waals surface area contributed by atoms with Gasteiger partial charge in [0.15, 0.2) is 0 Å². The summed E-state index contributed by atoms with van der Waals surface area (Å²) in [6.07, 6.45) is -1.11. The van der Waals surface area contributed by atoms with Gasteiger partial charge in [-0.3, -0.25) is 9.69 Å². The SMILES string of the molecule is O=C(Nc1cccc(C(F)(F)F)c1)N(CC(=O)N1c2ccccc2-n2cccc2C1c1ccccc1)C1CC1. The van der Waals surface area contributed by atoms with Gasteiger partial charge in [-0.15, -0.1) is 0 Å². The van der Waals surface area contributed by atoms with Gasteiger partial charge in [-0.05, 0) is 60.9 Å². The van der Waals surface area contributed by atoms with Crippen molar-refractivity contribution in [2.75, 3.05) is 16.8 Å². The van der Waals surface area contributed by atoms with Crippen LogP contribution in [0.25, 0.3) is 5.69 Å². The second-order valence-electron chi connectivity index (χ2n) is 9.74. The number of nitrogens with one attached hydrogen (secondary N) is 1. The highest BCUT2D eigenvalue weighted by atomic mass is 19.4. The maximum Gasteiger partial charge on any atom is 0.416 e. The number of amides is 3. The monoisotopic (exact) mass is 530 g/mol. The molecule has 2 aliphatic rings. The Morgan fingerprint density at radius 1 is 0.872 bits per heavy atom. The van der Waals surface area contributed by atoms with Gasteiger partial charge in [0.25, 0.3) is 0 Å². The molecule has 9 heteroatoms. The van der Waals surface area contributed by atoms with Crippen molar-refractivity contribution in [1.82, 2.24) is 9.47 Å². The van der Waals surface area contributed by atoms with Gasteiger partial charge in [0.2, 0.25) is 5.91 Å². The maximum absolute atomic E-state index is 14.1. The molecule has 1 saturated carbocycles. The van der Waals surface area contributed by atoms with E-state index < -0.39 is 23.8 Å². The number of carbonyl (C=O) groups excluding carboxylic acids is 2. The summed E-state index contributed by atoms with van der Waals surface area (Å²) in [7, 11) is 0. The van der Waals surface area contributed by atoms with Crippen LogP contribution in [0.1, 0.15) is 35.7 Å². The molecule has 1 unspecified atom stereocenters. The Balaban J connectivity index is 1.32. The first-order valence-corrected chi connectivity index (χ1v) is 12.7. The standard InChI is InChI=1S/C30H25F3N4O2/c31-30(32,33)21-10-6-11-22(18-21)34-29(39)36(23-15-16-23)19-27(38)37-25-13-5-4-12-24(25)35-17-7-14-26(35)28(37)20-8-2-1-3-9-20/h1-14,17-18,23,28H,15-16,19H2,(H,34,39). The fourth-order valence-electron chi connectivity index (χ4n) is 5.16. The summed E-state index contributed by atoms with van der Waals surface area (Å²) in [5, 5.41) is 2.57. The highest BCUT2D eigenvalue weighted by molar-refractivity contribution is 6.01. The van der Waals surface area contributed by atoms with Gasteiger partial charge >= 0.3 is 12.2 Å². The lowest BCUT2D eigenvalue weighted by molar-refractivity contribution is -0.137. The first-order valence-electron chi connectivity index (χ1n) is 12.7. The summed E-state index contributed by atoms with van der Waals surface area (Å²) >= 11 is 0. The molecule has 3 aromatic carbocycles.